The summed E-state index contributed by atoms with van der Waals surface area (Å²) in [6, 6.07) is 7.57. The lowest BCUT2D eigenvalue weighted by atomic mass is 10.1. The van der Waals surface area contributed by atoms with E-state index in [-0.39, 0.29) is 0 Å². The van der Waals surface area contributed by atoms with Gasteiger partial charge in [0.05, 0.1) is 0 Å². The van der Waals surface area contributed by atoms with Gasteiger partial charge >= 0.3 is 0 Å². The summed E-state index contributed by atoms with van der Waals surface area (Å²) in [6.45, 7) is 3.45. The summed E-state index contributed by atoms with van der Waals surface area (Å²) in [4.78, 5) is 3.94. The Morgan fingerprint density at radius 2 is 2.00 bits per heavy atom. The van der Waals surface area contributed by atoms with Crippen LogP contribution in [-0.4, -0.2) is 10.1 Å². The van der Waals surface area contributed by atoms with E-state index in [2.05, 4.69) is 33.4 Å². The zero-order chi connectivity index (χ0) is 9.80. The predicted octanol–water partition coefficient (Wildman–Crippen LogP) is 1.92. The van der Waals surface area contributed by atoms with Crippen LogP contribution in [0.25, 0.3) is 11.4 Å². The molecule has 0 saturated carbocycles. The first-order valence-corrected chi connectivity index (χ1v) is 4.05. The van der Waals surface area contributed by atoms with Crippen molar-refractivity contribution in [1.29, 1.82) is 0 Å². The van der Waals surface area contributed by atoms with E-state index in [1.807, 2.05) is 24.3 Å². The molecule has 2 aromatic rings. The van der Waals surface area contributed by atoms with Crippen LogP contribution in [0.3, 0.4) is 0 Å². The number of benzene rings is 1. The van der Waals surface area contributed by atoms with Crippen LogP contribution >= 0.6 is 0 Å². The van der Waals surface area contributed by atoms with Crippen LogP contribution < -0.4 is 0 Å². The Hall–Kier alpha value is -2.08. The minimum Gasteiger partial charge on any atom is -0.342 e. The second-order valence-electron chi connectivity index (χ2n) is 2.63. The number of hydrogen-bond donors (Lipinski definition) is 0. The molecule has 1 radical (unpaired) electrons. The Kier molecular flexibility index (Phi) is 2.28. The van der Waals surface area contributed by atoms with Crippen molar-refractivity contribution in [2.45, 2.75) is 0 Å². The highest BCUT2D eigenvalue weighted by Gasteiger charge is 2.00. The van der Waals surface area contributed by atoms with Crippen molar-refractivity contribution in [3.8, 4) is 23.2 Å². The molecular weight excluding hydrogens is 176 g/mol. The molecule has 2 rings (SSSR count). The standard InChI is InChI=1S/C11H7N2O/c1-2-3-9-4-6-10(7-5-9)11-12-8-14-13-11/h4-8H,1H2. The molecular formula is C11H7N2O. The van der Waals surface area contributed by atoms with Crippen LogP contribution in [0.5, 0.6) is 0 Å². The van der Waals surface area contributed by atoms with Gasteiger partial charge in [-0.05, 0) is 24.3 Å². The highest BCUT2D eigenvalue weighted by Crippen LogP contribution is 2.14. The van der Waals surface area contributed by atoms with Gasteiger partial charge in [-0.25, -0.2) is 0 Å². The second-order valence-corrected chi connectivity index (χ2v) is 2.63. The molecule has 0 aliphatic carbocycles. The molecule has 0 saturated heterocycles. The topological polar surface area (TPSA) is 38.9 Å². The maximum Gasteiger partial charge on any atom is 0.214 e. The second kappa shape index (κ2) is 3.75. The van der Waals surface area contributed by atoms with E-state index in [0.29, 0.717) is 5.82 Å². The summed E-state index contributed by atoms with van der Waals surface area (Å²) in [6.07, 6.45) is 1.30. The molecule has 1 aromatic carbocycles. The molecule has 0 N–H and O–H groups in total. The van der Waals surface area contributed by atoms with Crippen molar-refractivity contribution in [2.24, 2.45) is 0 Å². The maximum atomic E-state index is 4.65. The summed E-state index contributed by atoms with van der Waals surface area (Å²) >= 11 is 0. The van der Waals surface area contributed by atoms with Crippen LogP contribution in [-0.2, 0) is 0 Å². The Morgan fingerprint density at radius 1 is 1.21 bits per heavy atom. The molecule has 0 spiro atoms. The van der Waals surface area contributed by atoms with Gasteiger partial charge in [0.25, 0.3) is 0 Å². The molecule has 3 heteroatoms. The van der Waals surface area contributed by atoms with E-state index in [9.17, 15) is 0 Å². The zero-order valence-corrected chi connectivity index (χ0v) is 7.40. The van der Waals surface area contributed by atoms with Crippen LogP contribution in [0.2, 0.25) is 0 Å². The van der Waals surface area contributed by atoms with Gasteiger partial charge in [-0.1, -0.05) is 17.0 Å². The van der Waals surface area contributed by atoms with Crippen molar-refractivity contribution >= 4 is 0 Å². The Labute approximate surface area is 81.8 Å². The molecule has 14 heavy (non-hydrogen) atoms. The Bertz CT molecular complexity index is 460. The first-order valence-electron chi connectivity index (χ1n) is 4.05. The quantitative estimate of drug-likeness (QED) is 0.634. The number of hydrogen-bond acceptors (Lipinski definition) is 3. The summed E-state index contributed by atoms with van der Waals surface area (Å²) < 4.78 is 4.65. The lowest BCUT2D eigenvalue weighted by Gasteiger charge is -1.93. The largest absolute Gasteiger partial charge is 0.342 e. The van der Waals surface area contributed by atoms with Crippen LogP contribution in [0.4, 0.5) is 0 Å². The average molecular weight is 183 g/mol. The van der Waals surface area contributed by atoms with Gasteiger partial charge in [0.2, 0.25) is 12.2 Å². The minimum atomic E-state index is 0.583. The lowest BCUT2D eigenvalue weighted by molar-refractivity contribution is 0.419. The van der Waals surface area contributed by atoms with Crippen LogP contribution in [0, 0.1) is 18.8 Å². The smallest absolute Gasteiger partial charge is 0.214 e. The van der Waals surface area contributed by atoms with E-state index < -0.39 is 0 Å². The zero-order valence-electron chi connectivity index (χ0n) is 7.40. The molecule has 0 bridgehead atoms. The van der Waals surface area contributed by atoms with Crippen molar-refractivity contribution in [3.63, 3.8) is 0 Å². The van der Waals surface area contributed by atoms with Gasteiger partial charge in [-0.2, -0.15) is 4.98 Å². The molecule has 3 nitrogen and oxygen atoms in total. The lowest BCUT2D eigenvalue weighted by Crippen LogP contribution is -1.80. The molecule has 1 heterocycles. The number of nitrogens with zero attached hydrogens (tertiary/aromatic N) is 2. The maximum absolute atomic E-state index is 4.65. The number of aromatic nitrogens is 2. The Morgan fingerprint density at radius 3 is 2.57 bits per heavy atom. The SMILES string of the molecule is [CH2]C#Cc1ccc(-c2ncon2)cc1. The monoisotopic (exact) mass is 183 g/mol. The van der Waals surface area contributed by atoms with E-state index >= 15 is 0 Å². The van der Waals surface area contributed by atoms with Crippen molar-refractivity contribution in [2.75, 3.05) is 0 Å². The van der Waals surface area contributed by atoms with Crippen LogP contribution in [0.1, 0.15) is 5.56 Å². The van der Waals surface area contributed by atoms with E-state index in [4.69, 9.17) is 0 Å². The van der Waals surface area contributed by atoms with Gasteiger partial charge in [0.1, 0.15) is 0 Å². The van der Waals surface area contributed by atoms with E-state index in [0.717, 1.165) is 11.1 Å². The van der Waals surface area contributed by atoms with Gasteiger partial charge in [0, 0.05) is 18.1 Å². The summed E-state index contributed by atoms with van der Waals surface area (Å²) in [5.41, 5.74) is 1.83. The third-order valence-electron chi connectivity index (χ3n) is 1.74. The van der Waals surface area contributed by atoms with Gasteiger partial charge in [0.15, 0.2) is 0 Å². The average Bonchev–Trinajstić information content (AvgIpc) is 2.72. The van der Waals surface area contributed by atoms with Crippen molar-refractivity contribution < 1.29 is 4.52 Å². The normalized spacial score (nSPS) is 9.21. The number of rotatable bonds is 1. The molecule has 0 unspecified atom stereocenters. The molecule has 0 aliphatic heterocycles. The third kappa shape index (κ3) is 1.64. The van der Waals surface area contributed by atoms with E-state index in [1.54, 1.807) is 0 Å². The van der Waals surface area contributed by atoms with Gasteiger partial charge in [-0.15, -0.1) is 0 Å². The summed E-state index contributed by atoms with van der Waals surface area (Å²) in [7, 11) is 0. The van der Waals surface area contributed by atoms with Crippen molar-refractivity contribution in [3.05, 3.63) is 43.1 Å². The third-order valence-corrected chi connectivity index (χ3v) is 1.74. The molecule has 1 aromatic heterocycles. The highest BCUT2D eigenvalue weighted by molar-refractivity contribution is 5.55. The van der Waals surface area contributed by atoms with Gasteiger partial charge < -0.3 is 4.52 Å². The molecule has 0 amide bonds. The predicted molar refractivity (Wildman–Crippen MR) is 52.0 cm³/mol. The summed E-state index contributed by atoms with van der Waals surface area (Å²) in [5, 5.41) is 3.73. The first-order chi connectivity index (χ1) is 6.90. The van der Waals surface area contributed by atoms with Gasteiger partial charge in [-0.3, -0.25) is 0 Å². The molecule has 0 fully saturated rings. The van der Waals surface area contributed by atoms with E-state index in [1.165, 1.54) is 6.39 Å². The Balaban J connectivity index is 2.34. The fourth-order valence-electron chi connectivity index (χ4n) is 1.10. The molecule has 0 aliphatic rings. The molecule has 67 valence electrons. The first kappa shape index (κ1) is 8.52. The fourth-order valence-corrected chi connectivity index (χ4v) is 1.10. The highest BCUT2D eigenvalue weighted by atomic mass is 16.5. The minimum absolute atomic E-state index is 0.583. The molecule has 0 atom stereocenters. The fraction of sp³-hybridized carbons (Fsp3) is 0. The van der Waals surface area contributed by atoms with Crippen LogP contribution in [0.15, 0.2) is 35.2 Å². The van der Waals surface area contributed by atoms with Crippen molar-refractivity contribution in [1.82, 2.24) is 10.1 Å². The summed E-state index contributed by atoms with van der Waals surface area (Å²) in [5.74, 6) is 6.03.